The van der Waals surface area contributed by atoms with Crippen LogP contribution < -0.4 is 0 Å². The summed E-state index contributed by atoms with van der Waals surface area (Å²) in [6.45, 7) is 1.98. The summed E-state index contributed by atoms with van der Waals surface area (Å²) in [4.78, 5) is 14.0. The van der Waals surface area contributed by atoms with Crippen molar-refractivity contribution >= 4 is 15.9 Å². The van der Waals surface area contributed by atoms with E-state index in [0.29, 0.717) is 39.0 Å². The predicted molar refractivity (Wildman–Crippen MR) is 76.7 cm³/mol. The van der Waals surface area contributed by atoms with Crippen molar-refractivity contribution in [3.05, 3.63) is 24.0 Å². The maximum atomic E-state index is 12.2. The molecule has 0 saturated carbocycles. The molecule has 1 fully saturated rings. The number of carbonyl (C=O) groups excluding carboxylic acids is 1. The summed E-state index contributed by atoms with van der Waals surface area (Å²) in [5.74, 6) is 0.0616. The van der Waals surface area contributed by atoms with Crippen LogP contribution in [-0.4, -0.2) is 60.5 Å². The maximum absolute atomic E-state index is 12.2. The second kappa shape index (κ2) is 5.97. The Hall–Kier alpha value is -1.34. The molecular formula is C13H21N3O3S. The van der Waals surface area contributed by atoms with E-state index in [1.54, 1.807) is 4.90 Å². The van der Waals surface area contributed by atoms with Crippen molar-refractivity contribution in [1.82, 2.24) is 13.8 Å². The quantitative estimate of drug-likeness (QED) is 0.793. The van der Waals surface area contributed by atoms with Crippen molar-refractivity contribution in [2.45, 2.75) is 12.8 Å². The Morgan fingerprint density at radius 1 is 1.25 bits per heavy atom. The Balaban J connectivity index is 1.95. The molecule has 0 radical (unpaired) electrons. The van der Waals surface area contributed by atoms with Crippen molar-refractivity contribution in [3.63, 3.8) is 0 Å². The molecule has 1 amide bonds. The second-order valence-electron chi connectivity index (χ2n) is 5.26. The highest BCUT2D eigenvalue weighted by atomic mass is 32.2. The number of carbonyl (C=O) groups is 1. The van der Waals surface area contributed by atoms with E-state index in [1.807, 2.05) is 30.1 Å². The molecule has 0 aromatic carbocycles. The molecule has 6 nitrogen and oxygen atoms in total. The van der Waals surface area contributed by atoms with Crippen LogP contribution in [0.1, 0.15) is 12.0 Å². The van der Waals surface area contributed by atoms with Crippen molar-refractivity contribution in [2.75, 3.05) is 32.4 Å². The number of hydrogen-bond donors (Lipinski definition) is 0. The summed E-state index contributed by atoms with van der Waals surface area (Å²) >= 11 is 0. The molecule has 0 atom stereocenters. The molecule has 1 aromatic heterocycles. The summed E-state index contributed by atoms with van der Waals surface area (Å²) in [7, 11) is -1.24. The lowest BCUT2D eigenvalue weighted by atomic mass is 10.2. The van der Waals surface area contributed by atoms with E-state index in [2.05, 4.69) is 0 Å². The van der Waals surface area contributed by atoms with Gasteiger partial charge < -0.3 is 9.47 Å². The van der Waals surface area contributed by atoms with Gasteiger partial charge in [-0.15, -0.1) is 0 Å². The van der Waals surface area contributed by atoms with Gasteiger partial charge in [-0.05, 0) is 18.1 Å². The lowest BCUT2D eigenvalue weighted by Crippen LogP contribution is -2.37. The fourth-order valence-electron chi connectivity index (χ4n) is 2.43. The highest BCUT2D eigenvalue weighted by molar-refractivity contribution is 7.88. The van der Waals surface area contributed by atoms with E-state index in [-0.39, 0.29) is 5.91 Å². The summed E-state index contributed by atoms with van der Waals surface area (Å²) in [6.07, 6.45) is 6.12. The molecule has 1 saturated heterocycles. The Bertz CT molecular complexity index is 579. The van der Waals surface area contributed by atoms with Gasteiger partial charge in [-0.1, -0.05) is 0 Å². The zero-order chi connectivity index (χ0) is 14.8. The van der Waals surface area contributed by atoms with Crippen molar-refractivity contribution in [1.29, 1.82) is 0 Å². The first-order valence-corrected chi connectivity index (χ1v) is 8.55. The SMILES string of the molecule is Cn1ccc(CC(=O)N2CCCN(S(C)(=O)=O)CC2)c1. The lowest BCUT2D eigenvalue weighted by Gasteiger charge is -2.20. The minimum Gasteiger partial charge on any atom is -0.357 e. The van der Waals surface area contributed by atoms with Crippen LogP contribution in [0, 0.1) is 0 Å². The molecule has 0 spiro atoms. The van der Waals surface area contributed by atoms with E-state index < -0.39 is 10.0 Å². The average molecular weight is 299 g/mol. The van der Waals surface area contributed by atoms with Gasteiger partial charge in [-0.25, -0.2) is 12.7 Å². The molecule has 112 valence electrons. The Morgan fingerprint density at radius 2 is 2.00 bits per heavy atom. The molecular weight excluding hydrogens is 278 g/mol. The molecule has 0 aliphatic carbocycles. The van der Waals surface area contributed by atoms with Crippen molar-refractivity contribution < 1.29 is 13.2 Å². The van der Waals surface area contributed by atoms with Gasteiger partial charge in [0.1, 0.15) is 0 Å². The Kier molecular flexibility index (Phi) is 4.49. The summed E-state index contributed by atoms with van der Waals surface area (Å²) < 4.78 is 26.4. The highest BCUT2D eigenvalue weighted by Crippen LogP contribution is 2.09. The Labute approximate surface area is 120 Å². The van der Waals surface area contributed by atoms with Crippen LogP contribution in [0.3, 0.4) is 0 Å². The minimum atomic E-state index is -3.16. The smallest absolute Gasteiger partial charge is 0.227 e. The van der Waals surface area contributed by atoms with Gasteiger partial charge in [0.2, 0.25) is 15.9 Å². The monoisotopic (exact) mass is 299 g/mol. The van der Waals surface area contributed by atoms with Gasteiger partial charge >= 0.3 is 0 Å². The zero-order valence-corrected chi connectivity index (χ0v) is 12.8. The number of sulfonamides is 1. The maximum Gasteiger partial charge on any atom is 0.227 e. The lowest BCUT2D eigenvalue weighted by molar-refractivity contribution is -0.130. The van der Waals surface area contributed by atoms with Gasteiger partial charge in [0.15, 0.2) is 0 Å². The van der Waals surface area contributed by atoms with Crippen LogP contribution in [0.25, 0.3) is 0 Å². The van der Waals surface area contributed by atoms with Crippen LogP contribution in [0.15, 0.2) is 18.5 Å². The first-order chi connectivity index (χ1) is 9.36. The fraction of sp³-hybridized carbons (Fsp3) is 0.615. The number of hydrogen-bond acceptors (Lipinski definition) is 3. The van der Waals surface area contributed by atoms with Crippen LogP contribution in [0.2, 0.25) is 0 Å². The molecule has 20 heavy (non-hydrogen) atoms. The van der Waals surface area contributed by atoms with Crippen LogP contribution in [-0.2, 0) is 28.3 Å². The van der Waals surface area contributed by atoms with Gasteiger partial charge in [-0.3, -0.25) is 4.79 Å². The summed E-state index contributed by atoms with van der Waals surface area (Å²) in [5, 5.41) is 0. The van der Waals surface area contributed by atoms with E-state index in [9.17, 15) is 13.2 Å². The Morgan fingerprint density at radius 3 is 2.60 bits per heavy atom. The van der Waals surface area contributed by atoms with Crippen LogP contribution in [0.4, 0.5) is 0 Å². The number of rotatable bonds is 3. The number of aryl methyl sites for hydroxylation is 1. The van der Waals surface area contributed by atoms with Crippen molar-refractivity contribution in [3.8, 4) is 0 Å². The molecule has 2 heterocycles. The molecule has 1 aliphatic heterocycles. The number of amides is 1. The minimum absolute atomic E-state index is 0.0616. The van der Waals surface area contributed by atoms with Crippen LogP contribution in [0.5, 0.6) is 0 Å². The van der Waals surface area contributed by atoms with E-state index in [0.717, 1.165) is 5.56 Å². The number of aromatic nitrogens is 1. The summed E-state index contributed by atoms with van der Waals surface area (Å²) in [5.41, 5.74) is 0.988. The second-order valence-corrected chi connectivity index (χ2v) is 7.24. The molecule has 1 aliphatic rings. The van der Waals surface area contributed by atoms with E-state index in [4.69, 9.17) is 0 Å². The van der Waals surface area contributed by atoms with E-state index in [1.165, 1.54) is 10.6 Å². The summed E-state index contributed by atoms with van der Waals surface area (Å²) in [6, 6.07) is 1.93. The van der Waals surface area contributed by atoms with E-state index >= 15 is 0 Å². The average Bonchev–Trinajstić information content (AvgIpc) is 2.64. The first kappa shape index (κ1) is 15.1. The predicted octanol–water partition coefficient (Wildman–Crippen LogP) is 0.0615. The van der Waals surface area contributed by atoms with Gasteiger partial charge in [0.05, 0.1) is 12.7 Å². The van der Waals surface area contributed by atoms with Crippen LogP contribution >= 0.6 is 0 Å². The molecule has 0 unspecified atom stereocenters. The van der Waals surface area contributed by atoms with Gasteiger partial charge in [0.25, 0.3) is 0 Å². The largest absolute Gasteiger partial charge is 0.357 e. The zero-order valence-electron chi connectivity index (χ0n) is 11.9. The third-order valence-corrected chi connectivity index (χ3v) is 4.83. The third kappa shape index (κ3) is 3.83. The topological polar surface area (TPSA) is 62.6 Å². The standard InChI is InChI=1S/C13H21N3O3S/c1-14-7-4-12(11-14)10-13(17)15-5-3-6-16(9-8-15)20(2,18)19/h4,7,11H,3,5-6,8-10H2,1-2H3. The molecule has 0 bridgehead atoms. The highest BCUT2D eigenvalue weighted by Gasteiger charge is 2.23. The van der Waals surface area contributed by atoms with Crippen molar-refractivity contribution in [2.24, 2.45) is 7.05 Å². The number of nitrogens with zero attached hydrogens (tertiary/aromatic N) is 3. The molecule has 2 rings (SSSR count). The molecule has 0 N–H and O–H groups in total. The van der Waals surface area contributed by atoms with Gasteiger partial charge in [0, 0.05) is 45.6 Å². The first-order valence-electron chi connectivity index (χ1n) is 6.70. The third-order valence-electron chi connectivity index (χ3n) is 3.53. The molecule has 7 heteroatoms. The fourth-order valence-corrected chi connectivity index (χ4v) is 3.30. The normalized spacial score (nSPS) is 18.0. The van der Waals surface area contributed by atoms with Gasteiger partial charge in [-0.2, -0.15) is 0 Å². The molecule has 1 aromatic rings.